The first-order valence-electron chi connectivity index (χ1n) is 12.8. The molecule has 0 saturated heterocycles. The Morgan fingerprint density at radius 1 is 1.12 bits per heavy atom. The molecule has 1 fully saturated rings. The summed E-state index contributed by atoms with van der Waals surface area (Å²) in [6.07, 6.45) is -1.31. The molecule has 0 radical (unpaired) electrons. The molecule has 1 aliphatic rings. The van der Waals surface area contributed by atoms with Crippen LogP contribution < -0.4 is 10.2 Å². The summed E-state index contributed by atoms with van der Waals surface area (Å²) >= 11 is 0. The number of hydrogen-bond acceptors (Lipinski definition) is 6. The zero-order valence-electron chi connectivity index (χ0n) is 22.1. The molecule has 0 bridgehead atoms. The molecule has 2 aromatic heterocycles. The number of fused-ring (bicyclic) bond motifs is 1. The van der Waals surface area contributed by atoms with Gasteiger partial charge in [-0.25, -0.2) is 24.1 Å². The molecule has 1 aliphatic carbocycles. The Morgan fingerprint density at radius 2 is 1.82 bits per heavy atom. The van der Waals surface area contributed by atoms with Crippen molar-refractivity contribution in [2.45, 2.75) is 44.9 Å². The van der Waals surface area contributed by atoms with Gasteiger partial charge >= 0.3 is 12.1 Å². The summed E-state index contributed by atoms with van der Waals surface area (Å²) in [6.45, 7) is 2.05. The number of rotatable bonds is 8. The number of aromatic nitrogens is 4. The van der Waals surface area contributed by atoms with Crippen LogP contribution in [0.4, 0.5) is 29.1 Å². The van der Waals surface area contributed by atoms with Crippen LogP contribution in [0, 0.1) is 11.7 Å². The van der Waals surface area contributed by atoms with Crippen molar-refractivity contribution in [3.05, 3.63) is 65.2 Å². The quantitative estimate of drug-likeness (QED) is 0.255. The fraction of sp³-hybridized carbons (Fsp3) is 0.357. The number of aromatic carboxylic acids is 1. The number of nitrogens with one attached hydrogen (secondary N) is 1. The Balaban J connectivity index is 1.69. The smallest absolute Gasteiger partial charge is 0.416 e. The first-order chi connectivity index (χ1) is 18.9. The van der Waals surface area contributed by atoms with E-state index in [9.17, 15) is 23.1 Å². The SMILES string of the molecule is C[C@@H](Nc1nc(C(=O)O)nc2nc(-c3ccc(N(C)C)c(F)c3)n(Cc3ccc(C(F)(F)F)cc3)c12)C1CCC1. The van der Waals surface area contributed by atoms with Crippen molar-refractivity contribution in [3.63, 3.8) is 0 Å². The molecule has 1 atom stereocenters. The molecule has 12 heteroatoms. The van der Waals surface area contributed by atoms with Crippen molar-refractivity contribution >= 4 is 28.6 Å². The number of carbonyl (C=O) groups is 1. The minimum Gasteiger partial charge on any atom is -0.475 e. The average Bonchev–Trinajstić information content (AvgIpc) is 3.20. The maximum atomic E-state index is 15.0. The predicted octanol–water partition coefficient (Wildman–Crippen LogP) is 6.06. The number of imidazole rings is 1. The second-order valence-electron chi connectivity index (χ2n) is 10.3. The van der Waals surface area contributed by atoms with Crippen LogP contribution >= 0.6 is 0 Å². The molecule has 5 rings (SSSR count). The largest absolute Gasteiger partial charge is 0.475 e. The van der Waals surface area contributed by atoms with E-state index in [1.54, 1.807) is 35.7 Å². The Kier molecular flexibility index (Phi) is 7.11. The highest BCUT2D eigenvalue weighted by atomic mass is 19.4. The zero-order valence-corrected chi connectivity index (χ0v) is 22.1. The molecule has 0 amide bonds. The molecule has 4 aromatic rings. The topological polar surface area (TPSA) is 96.2 Å². The van der Waals surface area contributed by atoms with Crippen LogP contribution in [0.3, 0.4) is 0 Å². The number of hydrogen-bond donors (Lipinski definition) is 2. The summed E-state index contributed by atoms with van der Waals surface area (Å²) in [7, 11) is 3.42. The number of carboxylic acid groups (broad SMARTS) is 1. The van der Waals surface area contributed by atoms with Gasteiger partial charge in [-0.1, -0.05) is 18.6 Å². The third-order valence-electron chi connectivity index (χ3n) is 7.33. The second-order valence-corrected chi connectivity index (χ2v) is 10.3. The van der Waals surface area contributed by atoms with Gasteiger partial charge < -0.3 is 19.9 Å². The first kappa shape index (κ1) is 27.4. The van der Waals surface area contributed by atoms with E-state index in [1.807, 2.05) is 6.92 Å². The number of halogens is 4. The van der Waals surface area contributed by atoms with E-state index in [0.717, 1.165) is 31.4 Å². The van der Waals surface area contributed by atoms with Gasteiger partial charge in [0.2, 0.25) is 5.82 Å². The lowest BCUT2D eigenvalue weighted by Crippen LogP contribution is -2.31. The van der Waals surface area contributed by atoms with Crippen molar-refractivity contribution in [1.29, 1.82) is 0 Å². The third kappa shape index (κ3) is 5.30. The summed E-state index contributed by atoms with van der Waals surface area (Å²) < 4.78 is 56.2. The summed E-state index contributed by atoms with van der Waals surface area (Å²) in [4.78, 5) is 26.5. The van der Waals surface area contributed by atoms with Gasteiger partial charge in [-0.2, -0.15) is 13.2 Å². The second kappa shape index (κ2) is 10.4. The van der Waals surface area contributed by atoms with E-state index < -0.39 is 29.4 Å². The molecule has 210 valence electrons. The summed E-state index contributed by atoms with van der Waals surface area (Å²) in [5.74, 6) is -1.37. The number of benzene rings is 2. The monoisotopic (exact) mass is 556 g/mol. The molecule has 0 aliphatic heterocycles. The molecule has 0 spiro atoms. The Labute approximate surface area is 227 Å². The number of alkyl halides is 3. The Bertz CT molecular complexity index is 1560. The standard InChI is InChI=1S/C28H28F4N6O2/c1-15(17-5-4-6-17)33-23-22-24(35-25(34-23)27(39)40)36-26(18-9-12-21(37(2)3)20(29)13-18)38(22)14-16-7-10-19(11-8-16)28(30,31)32/h7-13,15,17H,4-6,14H2,1-3H3,(H,39,40)(H,33,34,35)/t15-/m1/s1. The molecular weight excluding hydrogens is 528 g/mol. The molecular formula is C28H28F4N6O2. The fourth-order valence-electron chi connectivity index (χ4n) is 4.87. The Hall–Kier alpha value is -4.22. The van der Waals surface area contributed by atoms with E-state index in [0.29, 0.717) is 28.2 Å². The van der Waals surface area contributed by atoms with Crippen LogP contribution in [0.15, 0.2) is 42.5 Å². The highest BCUT2D eigenvalue weighted by Crippen LogP contribution is 2.35. The van der Waals surface area contributed by atoms with Gasteiger partial charge in [-0.15, -0.1) is 0 Å². The summed E-state index contributed by atoms with van der Waals surface area (Å²) in [5.41, 5.74) is 0.957. The van der Waals surface area contributed by atoms with Crippen LogP contribution in [0.2, 0.25) is 0 Å². The van der Waals surface area contributed by atoms with Crippen LogP contribution in [-0.2, 0) is 12.7 Å². The number of nitrogens with zero attached hydrogens (tertiary/aromatic N) is 5. The van der Waals surface area contributed by atoms with E-state index in [1.165, 1.54) is 18.2 Å². The molecule has 2 heterocycles. The van der Waals surface area contributed by atoms with E-state index >= 15 is 4.39 Å². The minimum atomic E-state index is -4.48. The highest BCUT2D eigenvalue weighted by molar-refractivity contribution is 5.92. The zero-order chi connectivity index (χ0) is 28.8. The van der Waals surface area contributed by atoms with Crippen molar-refractivity contribution in [2.75, 3.05) is 24.3 Å². The number of anilines is 2. The first-order valence-corrected chi connectivity index (χ1v) is 12.8. The third-order valence-corrected chi connectivity index (χ3v) is 7.33. The van der Waals surface area contributed by atoms with E-state index in [2.05, 4.69) is 20.3 Å². The number of carboxylic acids is 1. The summed E-state index contributed by atoms with van der Waals surface area (Å²) in [6, 6.07) is 9.29. The highest BCUT2D eigenvalue weighted by Gasteiger charge is 2.30. The van der Waals surface area contributed by atoms with Crippen molar-refractivity contribution in [3.8, 4) is 11.4 Å². The van der Waals surface area contributed by atoms with Crippen LogP contribution in [-0.4, -0.2) is 50.7 Å². The van der Waals surface area contributed by atoms with Gasteiger partial charge in [0.1, 0.15) is 17.2 Å². The van der Waals surface area contributed by atoms with Crippen LogP contribution in [0.1, 0.15) is 47.9 Å². The molecule has 0 unspecified atom stereocenters. The maximum Gasteiger partial charge on any atom is 0.416 e. The van der Waals surface area contributed by atoms with Gasteiger partial charge in [-0.3, -0.25) is 0 Å². The summed E-state index contributed by atoms with van der Waals surface area (Å²) in [5, 5.41) is 13.0. The fourth-order valence-corrected chi connectivity index (χ4v) is 4.87. The normalized spacial score (nSPS) is 14.7. The predicted molar refractivity (Wildman–Crippen MR) is 143 cm³/mol. The lowest BCUT2D eigenvalue weighted by atomic mass is 9.80. The average molecular weight is 557 g/mol. The Morgan fingerprint density at radius 3 is 2.38 bits per heavy atom. The lowest BCUT2D eigenvalue weighted by molar-refractivity contribution is -0.137. The van der Waals surface area contributed by atoms with E-state index in [-0.39, 0.29) is 29.9 Å². The van der Waals surface area contributed by atoms with Crippen molar-refractivity contribution < 1.29 is 27.5 Å². The molecule has 40 heavy (non-hydrogen) atoms. The van der Waals surface area contributed by atoms with Gasteiger partial charge in [0, 0.05) is 32.2 Å². The lowest BCUT2D eigenvalue weighted by Gasteiger charge is -2.32. The minimum absolute atomic E-state index is 0.0248. The molecule has 2 aromatic carbocycles. The molecule has 1 saturated carbocycles. The van der Waals surface area contributed by atoms with Gasteiger partial charge in [0.25, 0.3) is 0 Å². The van der Waals surface area contributed by atoms with Crippen molar-refractivity contribution in [2.24, 2.45) is 5.92 Å². The molecule has 8 nitrogen and oxygen atoms in total. The van der Waals surface area contributed by atoms with Crippen LogP contribution in [0.25, 0.3) is 22.6 Å². The van der Waals surface area contributed by atoms with Crippen molar-refractivity contribution in [1.82, 2.24) is 19.5 Å². The van der Waals surface area contributed by atoms with Gasteiger partial charge in [-0.05, 0) is 61.6 Å². The van der Waals surface area contributed by atoms with Gasteiger partial charge in [0.15, 0.2) is 11.5 Å². The van der Waals surface area contributed by atoms with E-state index in [4.69, 9.17) is 0 Å². The van der Waals surface area contributed by atoms with Gasteiger partial charge in [0.05, 0.1) is 11.3 Å². The van der Waals surface area contributed by atoms with Crippen LogP contribution in [0.5, 0.6) is 0 Å². The molecule has 2 N–H and O–H groups in total. The maximum absolute atomic E-state index is 15.0.